The second-order valence-electron chi connectivity index (χ2n) is 4.79. The van der Waals surface area contributed by atoms with E-state index in [2.05, 4.69) is 0 Å². The molecular weight excluding hydrogens is 216 g/mol. The fourth-order valence-electron chi connectivity index (χ4n) is 1.58. The van der Waals surface area contributed by atoms with Crippen molar-refractivity contribution in [2.45, 2.75) is 38.4 Å². The summed E-state index contributed by atoms with van der Waals surface area (Å²) in [4.78, 5) is 0. The second kappa shape index (κ2) is 6.03. The third kappa shape index (κ3) is 4.36. The van der Waals surface area contributed by atoms with E-state index in [4.69, 9.17) is 9.47 Å². The van der Waals surface area contributed by atoms with Crippen molar-refractivity contribution in [2.24, 2.45) is 0 Å². The van der Waals surface area contributed by atoms with Crippen LogP contribution < -0.4 is 4.74 Å². The van der Waals surface area contributed by atoms with Gasteiger partial charge in [-0.3, -0.25) is 0 Å². The molecule has 0 heterocycles. The maximum atomic E-state index is 10.0. The van der Waals surface area contributed by atoms with Gasteiger partial charge in [0.1, 0.15) is 5.75 Å². The fraction of sp³-hybridized carbons (Fsp3) is 0.571. The van der Waals surface area contributed by atoms with Crippen molar-refractivity contribution in [1.29, 1.82) is 0 Å². The summed E-state index contributed by atoms with van der Waals surface area (Å²) in [5, 5.41) is 10.0. The minimum absolute atomic E-state index is 0.187. The monoisotopic (exact) mass is 238 g/mol. The normalized spacial score (nSPS) is 13.5. The Morgan fingerprint density at radius 2 is 1.76 bits per heavy atom. The minimum Gasteiger partial charge on any atom is -0.497 e. The van der Waals surface area contributed by atoms with Gasteiger partial charge in [0.05, 0.1) is 18.8 Å². The van der Waals surface area contributed by atoms with Crippen LogP contribution in [0.1, 0.15) is 38.4 Å². The van der Waals surface area contributed by atoms with E-state index >= 15 is 0 Å². The highest BCUT2D eigenvalue weighted by Crippen LogP contribution is 2.25. The molecule has 96 valence electrons. The summed E-state index contributed by atoms with van der Waals surface area (Å²) in [5.41, 5.74) is 0.727. The predicted molar refractivity (Wildman–Crippen MR) is 68.3 cm³/mol. The molecule has 0 radical (unpaired) electrons. The Balaban J connectivity index is 2.54. The minimum atomic E-state index is -0.449. The highest BCUT2D eigenvalue weighted by Gasteiger charge is 2.18. The Kier molecular flexibility index (Phi) is 4.97. The smallest absolute Gasteiger partial charge is 0.118 e. The largest absolute Gasteiger partial charge is 0.497 e. The van der Waals surface area contributed by atoms with Gasteiger partial charge in [-0.05, 0) is 44.4 Å². The van der Waals surface area contributed by atoms with Crippen molar-refractivity contribution in [2.75, 3.05) is 14.2 Å². The number of hydrogen-bond donors (Lipinski definition) is 1. The molecule has 0 aromatic heterocycles. The van der Waals surface area contributed by atoms with Crippen LogP contribution >= 0.6 is 0 Å². The first-order valence-corrected chi connectivity index (χ1v) is 5.85. The highest BCUT2D eigenvalue weighted by atomic mass is 16.5. The molecule has 1 aromatic carbocycles. The molecule has 0 saturated heterocycles. The van der Waals surface area contributed by atoms with Gasteiger partial charge in [0, 0.05) is 7.11 Å². The summed E-state index contributed by atoms with van der Waals surface area (Å²) in [6, 6.07) is 7.51. The van der Waals surface area contributed by atoms with Gasteiger partial charge in [0.15, 0.2) is 0 Å². The van der Waals surface area contributed by atoms with E-state index in [1.54, 1.807) is 14.2 Å². The molecule has 0 amide bonds. The zero-order chi connectivity index (χ0) is 12.9. The molecule has 0 aliphatic rings. The van der Waals surface area contributed by atoms with Crippen LogP contribution in [0.5, 0.6) is 5.75 Å². The van der Waals surface area contributed by atoms with E-state index in [9.17, 15) is 5.11 Å². The predicted octanol–water partition coefficient (Wildman–Crippen LogP) is 2.93. The number of benzene rings is 1. The number of rotatable bonds is 6. The molecule has 1 unspecified atom stereocenters. The van der Waals surface area contributed by atoms with E-state index < -0.39 is 6.10 Å². The molecule has 17 heavy (non-hydrogen) atoms. The standard InChI is InChI=1S/C14H22O3/c1-14(2,17-4)10-9-13(15)11-5-7-12(16-3)8-6-11/h5-8,13,15H,9-10H2,1-4H3. The Morgan fingerprint density at radius 1 is 1.18 bits per heavy atom. The van der Waals surface area contributed by atoms with Crippen molar-refractivity contribution < 1.29 is 14.6 Å². The molecule has 0 bridgehead atoms. The van der Waals surface area contributed by atoms with Crippen molar-refractivity contribution in [3.8, 4) is 5.75 Å². The van der Waals surface area contributed by atoms with Crippen LogP contribution in [0.25, 0.3) is 0 Å². The summed E-state index contributed by atoms with van der Waals surface area (Å²) >= 11 is 0. The zero-order valence-electron chi connectivity index (χ0n) is 11.1. The van der Waals surface area contributed by atoms with Crippen molar-refractivity contribution in [3.05, 3.63) is 29.8 Å². The van der Waals surface area contributed by atoms with Crippen LogP contribution in [0, 0.1) is 0 Å². The molecular formula is C14H22O3. The Bertz CT molecular complexity index is 330. The molecule has 1 atom stereocenters. The number of ether oxygens (including phenoxy) is 2. The van der Waals surface area contributed by atoms with E-state index in [-0.39, 0.29) is 5.60 Å². The van der Waals surface area contributed by atoms with Gasteiger partial charge in [0.25, 0.3) is 0 Å². The zero-order valence-corrected chi connectivity index (χ0v) is 11.1. The van der Waals surface area contributed by atoms with Crippen LogP contribution in [0.3, 0.4) is 0 Å². The van der Waals surface area contributed by atoms with Gasteiger partial charge in [-0.2, -0.15) is 0 Å². The first-order valence-electron chi connectivity index (χ1n) is 5.85. The molecule has 1 rings (SSSR count). The number of methoxy groups -OCH3 is 2. The van der Waals surface area contributed by atoms with Crippen molar-refractivity contribution in [1.82, 2.24) is 0 Å². The topological polar surface area (TPSA) is 38.7 Å². The van der Waals surface area contributed by atoms with Crippen LogP contribution in [-0.4, -0.2) is 24.9 Å². The number of hydrogen-bond acceptors (Lipinski definition) is 3. The van der Waals surface area contributed by atoms with Gasteiger partial charge in [-0.25, -0.2) is 0 Å². The van der Waals surface area contributed by atoms with Gasteiger partial charge in [-0.1, -0.05) is 12.1 Å². The lowest BCUT2D eigenvalue weighted by atomic mass is 9.97. The van der Waals surface area contributed by atoms with Gasteiger partial charge in [0.2, 0.25) is 0 Å². The highest BCUT2D eigenvalue weighted by molar-refractivity contribution is 5.28. The molecule has 0 aliphatic heterocycles. The van der Waals surface area contributed by atoms with Gasteiger partial charge >= 0.3 is 0 Å². The Hall–Kier alpha value is -1.06. The number of aliphatic hydroxyl groups is 1. The van der Waals surface area contributed by atoms with E-state index in [0.29, 0.717) is 6.42 Å². The first-order chi connectivity index (χ1) is 7.98. The van der Waals surface area contributed by atoms with Crippen LogP contribution in [-0.2, 0) is 4.74 Å². The average molecular weight is 238 g/mol. The molecule has 1 N–H and O–H groups in total. The molecule has 0 aliphatic carbocycles. The third-order valence-corrected chi connectivity index (χ3v) is 3.07. The molecule has 0 fully saturated rings. The SMILES string of the molecule is COc1ccc(C(O)CCC(C)(C)OC)cc1. The lowest BCUT2D eigenvalue weighted by molar-refractivity contribution is 0.00278. The lowest BCUT2D eigenvalue weighted by Gasteiger charge is -2.24. The Morgan fingerprint density at radius 3 is 2.24 bits per heavy atom. The Labute approximate surface area is 103 Å². The summed E-state index contributed by atoms with van der Waals surface area (Å²) in [6.45, 7) is 4.04. The maximum Gasteiger partial charge on any atom is 0.118 e. The molecule has 3 nitrogen and oxygen atoms in total. The average Bonchev–Trinajstić information content (AvgIpc) is 2.36. The molecule has 0 saturated carbocycles. The first kappa shape index (κ1) is 14.0. The molecule has 1 aromatic rings. The van der Waals surface area contributed by atoms with E-state index in [1.165, 1.54) is 0 Å². The van der Waals surface area contributed by atoms with E-state index in [0.717, 1.165) is 17.7 Å². The maximum absolute atomic E-state index is 10.0. The van der Waals surface area contributed by atoms with Crippen molar-refractivity contribution >= 4 is 0 Å². The second-order valence-corrected chi connectivity index (χ2v) is 4.79. The molecule has 3 heteroatoms. The summed E-state index contributed by atoms with van der Waals surface area (Å²) < 4.78 is 10.4. The lowest BCUT2D eigenvalue weighted by Crippen LogP contribution is -2.23. The van der Waals surface area contributed by atoms with Gasteiger partial charge < -0.3 is 14.6 Å². The summed E-state index contributed by atoms with van der Waals surface area (Å²) in [5.74, 6) is 0.804. The van der Waals surface area contributed by atoms with Gasteiger partial charge in [-0.15, -0.1) is 0 Å². The van der Waals surface area contributed by atoms with Crippen LogP contribution in [0.4, 0.5) is 0 Å². The number of aliphatic hydroxyl groups excluding tert-OH is 1. The van der Waals surface area contributed by atoms with E-state index in [1.807, 2.05) is 38.1 Å². The van der Waals surface area contributed by atoms with Crippen LogP contribution in [0.15, 0.2) is 24.3 Å². The quantitative estimate of drug-likeness (QED) is 0.828. The summed E-state index contributed by atoms with van der Waals surface area (Å²) in [7, 11) is 3.33. The fourth-order valence-corrected chi connectivity index (χ4v) is 1.58. The third-order valence-electron chi connectivity index (χ3n) is 3.07. The summed E-state index contributed by atoms with van der Waals surface area (Å²) in [6.07, 6.45) is 1.06. The van der Waals surface area contributed by atoms with Crippen molar-refractivity contribution in [3.63, 3.8) is 0 Å². The molecule has 0 spiro atoms. The van der Waals surface area contributed by atoms with Crippen LogP contribution in [0.2, 0.25) is 0 Å².